The molecule has 21 heavy (non-hydrogen) atoms. The number of para-hydroxylation sites is 1. The van der Waals surface area contributed by atoms with Crippen LogP contribution in [0.1, 0.15) is 11.1 Å². The van der Waals surface area contributed by atoms with Crippen molar-refractivity contribution in [1.82, 2.24) is 5.32 Å². The van der Waals surface area contributed by atoms with Gasteiger partial charge in [0.15, 0.2) is 6.73 Å². The molecule has 2 aromatic rings. The molecule has 2 N–H and O–H groups in total. The number of rotatable bonds is 4. The van der Waals surface area contributed by atoms with Gasteiger partial charge in [0.1, 0.15) is 5.75 Å². The minimum Gasteiger partial charge on any atom is -0.473 e. The number of ether oxygens (including phenoxy) is 1. The Morgan fingerprint density at radius 1 is 1.14 bits per heavy atom. The zero-order valence-electron chi connectivity index (χ0n) is 11.9. The highest BCUT2D eigenvalue weighted by atomic mass is 35.5. The second-order valence-corrected chi connectivity index (χ2v) is 5.03. The molecule has 0 atom stereocenters. The summed E-state index contributed by atoms with van der Waals surface area (Å²) in [7, 11) is 0. The van der Waals surface area contributed by atoms with Crippen molar-refractivity contribution < 1.29 is 9.53 Å². The van der Waals surface area contributed by atoms with Crippen molar-refractivity contribution in [1.29, 1.82) is 0 Å². The fraction of sp³-hybridized carbons (Fsp3) is 0.188. The van der Waals surface area contributed by atoms with Gasteiger partial charge in [-0.25, -0.2) is 4.79 Å². The molecule has 2 rings (SSSR count). The van der Waals surface area contributed by atoms with Crippen LogP contribution >= 0.6 is 11.6 Å². The van der Waals surface area contributed by atoms with E-state index in [0.717, 1.165) is 21.8 Å². The maximum absolute atomic E-state index is 11.7. The molecule has 2 aromatic carbocycles. The Bertz CT molecular complexity index is 606. The molecule has 0 heterocycles. The van der Waals surface area contributed by atoms with E-state index in [-0.39, 0.29) is 12.8 Å². The second kappa shape index (κ2) is 6.99. The third-order valence-electron chi connectivity index (χ3n) is 2.91. The molecule has 0 aliphatic rings. The standard InChI is InChI=1S/C16H17ClN2O2/c1-11-8-14(9-12(2)15(11)17)21-10-18-16(20)19-13-6-4-3-5-7-13/h3-9H,10H2,1-2H3,(H2,18,19,20). The Morgan fingerprint density at radius 2 is 1.76 bits per heavy atom. The molecule has 4 nitrogen and oxygen atoms in total. The van der Waals surface area contributed by atoms with Gasteiger partial charge in [-0.05, 0) is 49.2 Å². The van der Waals surface area contributed by atoms with E-state index in [4.69, 9.17) is 16.3 Å². The average molecular weight is 305 g/mol. The van der Waals surface area contributed by atoms with Gasteiger partial charge in [-0.15, -0.1) is 0 Å². The van der Waals surface area contributed by atoms with Gasteiger partial charge in [0.05, 0.1) is 0 Å². The Labute approximate surface area is 129 Å². The van der Waals surface area contributed by atoms with Crippen molar-refractivity contribution in [3.63, 3.8) is 0 Å². The molecule has 2 amide bonds. The lowest BCUT2D eigenvalue weighted by Gasteiger charge is -2.11. The topological polar surface area (TPSA) is 50.4 Å². The normalized spacial score (nSPS) is 10.0. The van der Waals surface area contributed by atoms with Crippen molar-refractivity contribution >= 4 is 23.3 Å². The van der Waals surface area contributed by atoms with Crippen molar-refractivity contribution in [2.24, 2.45) is 0 Å². The van der Waals surface area contributed by atoms with Crippen molar-refractivity contribution in [3.8, 4) is 5.75 Å². The molecular formula is C16H17ClN2O2. The maximum Gasteiger partial charge on any atom is 0.321 e. The van der Waals surface area contributed by atoms with E-state index in [1.165, 1.54) is 0 Å². The van der Waals surface area contributed by atoms with E-state index in [1.54, 1.807) is 0 Å². The molecule has 0 aliphatic heterocycles. The number of anilines is 1. The fourth-order valence-corrected chi connectivity index (χ4v) is 1.98. The first-order valence-corrected chi connectivity index (χ1v) is 6.93. The van der Waals surface area contributed by atoms with E-state index in [2.05, 4.69) is 10.6 Å². The SMILES string of the molecule is Cc1cc(OCNC(=O)Nc2ccccc2)cc(C)c1Cl. The number of carbonyl (C=O) groups excluding carboxylic acids is 1. The van der Waals surface area contributed by atoms with Gasteiger partial charge in [0.25, 0.3) is 0 Å². The van der Waals surface area contributed by atoms with Gasteiger partial charge in [-0.1, -0.05) is 29.8 Å². The van der Waals surface area contributed by atoms with E-state index >= 15 is 0 Å². The first-order valence-electron chi connectivity index (χ1n) is 6.55. The van der Waals surface area contributed by atoms with Crippen LogP contribution in [-0.4, -0.2) is 12.8 Å². The molecule has 0 radical (unpaired) electrons. The quantitative estimate of drug-likeness (QED) is 0.835. The zero-order valence-corrected chi connectivity index (χ0v) is 12.7. The van der Waals surface area contributed by atoms with Crippen LogP contribution in [0.2, 0.25) is 5.02 Å². The Morgan fingerprint density at radius 3 is 2.38 bits per heavy atom. The zero-order chi connectivity index (χ0) is 15.2. The molecule has 0 bridgehead atoms. The van der Waals surface area contributed by atoms with Crippen molar-refractivity contribution in [2.75, 3.05) is 12.0 Å². The van der Waals surface area contributed by atoms with Crippen molar-refractivity contribution in [2.45, 2.75) is 13.8 Å². The smallest absolute Gasteiger partial charge is 0.321 e. The minimum absolute atomic E-state index is 0.0825. The Hall–Kier alpha value is -2.20. The molecule has 5 heteroatoms. The molecule has 0 fully saturated rings. The lowest BCUT2D eigenvalue weighted by molar-refractivity contribution is 0.234. The number of amides is 2. The van der Waals surface area contributed by atoms with Gasteiger partial charge in [-0.2, -0.15) is 0 Å². The van der Waals surface area contributed by atoms with Crippen LogP contribution in [0.4, 0.5) is 10.5 Å². The van der Waals surface area contributed by atoms with Crippen LogP contribution < -0.4 is 15.4 Å². The average Bonchev–Trinajstić information content (AvgIpc) is 2.45. The van der Waals surface area contributed by atoms with Gasteiger partial charge in [0.2, 0.25) is 0 Å². The summed E-state index contributed by atoms with van der Waals surface area (Å²) < 4.78 is 5.50. The third-order valence-corrected chi connectivity index (χ3v) is 3.51. The number of halogens is 1. The first kappa shape index (κ1) is 15.2. The van der Waals surface area contributed by atoms with Gasteiger partial charge in [-0.3, -0.25) is 0 Å². The van der Waals surface area contributed by atoms with Crippen LogP contribution in [0.5, 0.6) is 5.75 Å². The number of hydrogen-bond acceptors (Lipinski definition) is 2. The Kier molecular flexibility index (Phi) is 5.06. The van der Waals surface area contributed by atoms with E-state index in [0.29, 0.717) is 5.75 Å². The molecule has 0 unspecified atom stereocenters. The molecule has 0 spiro atoms. The molecule has 0 saturated heterocycles. The van der Waals surface area contributed by atoms with Gasteiger partial charge in [0, 0.05) is 10.7 Å². The number of nitrogens with one attached hydrogen (secondary N) is 2. The summed E-state index contributed by atoms with van der Waals surface area (Å²) in [5.74, 6) is 0.675. The van der Waals surface area contributed by atoms with Crippen LogP contribution in [0.25, 0.3) is 0 Å². The van der Waals surface area contributed by atoms with Crippen LogP contribution in [-0.2, 0) is 0 Å². The fourth-order valence-electron chi connectivity index (χ4n) is 1.87. The summed E-state index contributed by atoms with van der Waals surface area (Å²) >= 11 is 6.09. The predicted octanol–water partition coefficient (Wildman–Crippen LogP) is 4.11. The monoisotopic (exact) mass is 304 g/mol. The van der Waals surface area contributed by atoms with E-state index < -0.39 is 0 Å². The molecule has 110 valence electrons. The number of aryl methyl sites for hydroxylation is 2. The molecule has 0 aromatic heterocycles. The van der Waals surface area contributed by atoms with E-state index in [9.17, 15) is 4.79 Å². The first-order chi connectivity index (χ1) is 10.1. The van der Waals surface area contributed by atoms with Gasteiger partial charge < -0.3 is 15.4 Å². The summed E-state index contributed by atoms with van der Waals surface area (Å²) in [5, 5.41) is 6.07. The van der Waals surface area contributed by atoms with Crippen LogP contribution in [0.3, 0.4) is 0 Å². The Balaban J connectivity index is 1.83. The van der Waals surface area contributed by atoms with E-state index in [1.807, 2.05) is 56.3 Å². The lowest BCUT2D eigenvalue weighted by atomic mass is 10.1. The summed E-state index contributed by atoms with van der Waals surface area (Å²) in [4.78, 5) is 11.7. The molecular weight excluding hydrogens is 288 g/mol. The number of carbonyl (C=O) groups is 1. The third kappa shape index (κ3) is 4.39. The summed E-state index contributed by atoms with van der Waals surface area (Å²) in [6, 6.07) is 12.6. The summed E-state index contributed by atoms with van der Waals surface area (Å²) in [6.45, 7) is 3.91. The summed E-state index contributed by atoms with van der Waals surface area (Å²) in [5.41, 5.74) is 2.62. The summed E-state index contributed by atoms with van der Waals surface area (Å²) in [6.07, 6.45) is 0. The largest absolute Gasteiger partial charge is 0.473 e. The molecule has 0 aliphatic carbocycles. The molecule has 0 saturated carbocycles. The van der Waals surface area contributed by atoms with Crippen LogP contribution in [0.15, 0.2) is 42.5 Å². The van der Waals surface area contributed by atoms with Crippen molar-refractivity contribution in [3.05, 3.63) is 58.6 Å². The highest BCUT2D eigenvalue weighted by Gasteiger charge is 2.04. The minimum atomic E-state index is -0.316. The highest BCUT2D eigenvalue weighted by molar-refractivity contribution is 6.32. The maximum atomic E-state index is 11.7. The highest BCUT2D eigenvalue weighted by Crippen LogP contribution is 2.25. The van der Waals surface area contributed by atoms with Crippen LogP contribution in [0, 0.1) is 13.8 Å². The number of hydrogen-bond donors (Lipinski definition) is 2. The second-order valence-electron chi connectivity index (χ2n) is 4.66. The van der Waals surface area contributed by atoms with Gasteiger partial charge >= 0.3 is 6.03 Å². The predicted molar refractivity (Wildman–Crippen MR) is 85.0 cm³/mol. The number of benzene rings is 2. The lowest BCUT2D eigenvalue weighted by Crippen LogP contribution is -2.32. The number of urea groups is 1.